The number of halogens is 3. The minimum absolute atomic E-state index is 0.0882. The van der Waals surface area contributed by atoms with Crippen molar-refractivity contribution < 1.29 is 27.8 Å². The molecule has 0 bridgehead atoms. The first-order valence-electron chi connectivity index (χ1n) is 6.64. The summed E-state index contributed by atoms with van der Waals surface area (Å²) in [4.78, 5) is 13.4. The molecule has 7 heteroatoms. The van der Waals surface area contributed by atoms with E-state index in [1.165, 1.54) is 23.1 Å². The van der Waals surface area contributed by atoms with Gasteiger partial charge >= 0.3 is 6.36 Å². The average molecular weight is 303 g/mol. The van der Waals surface area contributed by atoms with E-state index in [1.54, 1.807) is 6.07 Å². The quantitative estimate of drug-likeness (QED) is 0.927. The molecule has 1 saturated heterocycles. The summed E-state index contributed by atoms with van der Waals surface area (Å²) in [5.74, 6) is -0.451. The molecule has 0 spiro atoms. The van der Waals surface area contributed by atoms with Crippen molar-refractivity contribution in [1.82, 2.24) is 4.90 Å². The van der Waals surface area contributed by atoms with Crippen LogP contribution in [0.3, 0.4) is 0 Å². The Kier molecular flexibility index (Phi) is 4.72. The third-order valence-corrected chi connectivity index (χ3v) is 3.32. The molecule has 1 amide bonds. The van der Waals surface area contributed by atoms with Crippen LogP contribution in [-0.2, 0) is 11.2 Å². The van der Waals surface area contributed by atoms with Crippen LogP contribution >= 0.6 is 0 Å². The van der Waals surface area contributed by atoms with E-state index in [0.717, 1.165) is 0 Å². The van der Waals surface area contributed by atoms with Crippen LogP contribution in [0.25, 0.3) is 0 Å². The van der Waals surface area contributed by atoms with Crippen molar-refractivity contribution in [1.29, 1.82) is 0 Å². The number of carbonyl (C=O) groups excluding carboxylic acids is 1. The lowest BCUT2D eigenvalue weighted by molar-refractivity contribution is -0.274. The Labute approximate surface area is 120 Å². The molecule has 2 rings (SSSR count). The zero-order chi connectivity index (χ0) is 15.5. The molecular formula is C14H16F3NO3. The van der Waals surface area contributed by atoms with Crippen LogP contribution in [0, 0.1) is 0 Å². The molecule has 116 valence electrons. The molecule has 1 fully saturated rings. The lowest BCUT2D eigenvalue weighted by Crippen LogP contribution is -2.29. The van der Waals surface area contributed by atoms with Gasteiger partial charge in [-0.15, -0.1) is 13.2 Å². The van der Waals surface area contributed by atoms with Crippen molar-refractivity contribution in [2.75, 3.05) is 13.1 Å². The van der Waals surface area contributed by atoms with Crippen molar-refractivity contribution in [3.8, 4) is 5.75 Å². The van der Waals surface area contributed by atoms with Crippen molar-refractivity contribution in [3.63, 3.8) is 0 Å². The molecule has 0 aromatic heterocycles. The number of alkyl halides is 3. The van der Waals surface area contributed by atoms with Gasteiger partial charge in [-0.25, -0.2) is 0 Å². The number of aliphatic hydroxyl groups excluding tert-OH is 1. The maximum atomic E-state index is 12.3. The first-order chi connectivity index (χ1) is 9.85. The summed E-state index contributed by atoms with van der Waals surface area (Å²) in [5, 5.41) is 9.37. The fourth-order valence-electron chi connectivity index (χ4n) is 2.30. The zero-order valence-corrected chi connectivity index (χ0v) is 11.3. The fraction of sp³-hybridized carbons (Fsp3) is 0.500. The highest BCUT2D eigenvalue weighted by Gasteiger charge is 2.32. The number of carbonyl (C=O) groups is 1. The molecule has 0 radical (unpaired) electrons. The third kappa shape index (κ3) is 4.63. The number of nitrogens with zero attached hydrogens (tertiary/aromatic N) is 1. The van der Waals surface area contributed by atoms with Gasteiger partial charge in [0.2, 0.25) is 5.91 Å². The molecule has 0 aliphatic carbocycles. The Morgan fingerprint density at radius 3 is 2.71 bits per heavy atom. The summed E-state index contributed by atoms with van der Waals surface area (Å²) in [6.07, 6.45) is -4.46. The van der Waals surface area contributed by atoms with Crippen molar-refractivity contribution in [2.24, 2.45) is 0 Å². The number of likely N-dealkylation sites (tertiary alicyclic amines) is 1. The number of hydrogen-bond acceptors (Lipinski definition) is 3. The minimum Gasteiger partial charge on any atom is -0.406 e. The highest BCUT2D eigenvalue weighted by molar-refractivity contribution is 5.76. The maximum absolute atomic E-state index is 12.3. The van der Waals surface area contributed by atoms with Gasteiger partial charge in [-0.3, -0.25) is 4.79 Å². The van der Waals surface area contributed by atoms with Gasteiger partial charge in [-0.1, -0.05) is 18.2 Å². The Balaban J connectivity index is 1.95. The van der Waals surface area contributed by atoms with Crippen LogP contribution in [0.4, 0.5) is 13.2 Å². The monoisotopic (exact) mass is 303 g/mol. The van der Waals surface area contributed by atoms with E-state index in [2.05, 4.69) is 4.74 Å². The van der Waals surface area contributed by atoms with Gasteiger partial charge in [-0.05, 0) is 24.5 Å². The summed E-state index contributed by atoms with van der Waals surface area (Å²) in [5.41, 5.74) is 0.336. The van der Waals surface area contributed by atoms with Crippen molar-refractivity contribution in [2.45, 2.75) is 31.7 Å². The van der Waals surface area contributed by atoms with E-state index in [9.17, 15) is 23.1 Å². The number of aliphatic hydroxyl groups is 1. The van der Waals surface area contributed by atoms with Gasteiger partial charge in [0.25, 0.3) is 0 Å². The molecule has 21 heavy (non-hydrogen) atoms. The lowest BCUT2D eigenvalue weighted by Gasteiger charge is -2.16. The number of ether oxygens (including phenoxy) is 1. The molecule has 1 atom stereocenters. The highest BCUT2D eigenvalue weighted by Crippen LogP contribution is 2.27. The van der Waals surface area contributed by atoms with Crippen LogP contribution < -0.4 is 4.74 Å². The van der Waals surface area contributed by atoms with Crippen LogP contribution in [0.1, 0.15) is 18.4 Å². The molecule has 4 nitrogen and oxygen atoms in total. The van der Waals surface area contributed by atoms with Gasteiger partial charge in [0.05, 0.1) is 6.10 Å². The molecule has 1 aromatic carbocycles. The Morgan fingerprint density at radius 2 is 2.10 bits per heavy atom. The predicted octanol–water partition coefficient (Wildman–Crippen LogP) is 2.11. The molecular weight excluding hydrogens is 287 g/mol. The van der Waals surface area contributed by atoms with Crippen molar-refractivity contribution in [3.05, 3.63) is 29.8 Å². The second kappa shape index (κ2) is 6.34. The van der Waals surface area contributed by atoms with Gasteiger partial charge < -0.3 is 14.7 Å². The van der Waals surface area contributed by atoms with E-state index in [4.69, 9.17) is 0 Å². The summed E-state index contributed by atoms with van der Waals surface area (Å²) in [6.45, 7) is 0.778. The van der Waals surface area contributed by atoms with Crippen LogP contribution in [-0.4, -0.2) is 41.5 Å². The molecule has 1 heterocycles. The smallest absolute Gasteiger partial charge is 0.406 e. The Morgan fingerprint density at radius 1 is 1.38 bits per heavy atom. The molecule has 1 aromatic rings. The largest absolute Gasteiger partial charge is 0.573 e. The summed E-state index contributed by atoms with van der Waals surface area (Å²) >= 11 is 0. The number of aryl methyl sites for hydroxylation is 1. The molecule has 1 aliphatic rings. The summed E-state index contributed by atoms with van der Waals surface area (Å²) < 4.78 is 40.8. The minimum atomic E-state index is -4.75. The summed E-state index contributed by atoms with van der Waals surface area (Å²) in [6, 6.07) is 5.78. The Hall–Kier alpha value is -1.76. The van der Waals surface area contributed by atoms with Gasteiger partial charge in [0, 0.05) is 19.5 Å². The Bertz CT molecular complexity index is 504. The molecule has 0 saturated carbocycles. The van der Waals surface area contributed by atoms with Crippen molar-refractivity contribution >= 4 is 5.91 Å². The molecule has 1 aliphatic heterocycles. The second-order valence-electron chi connectivity index (χ2n) is 4.94. The molecule has 0 unspecified atom stereocenters. The fourth-order valence-corrected chi connectivity index (χ4v) is 2.30. The van der Waals surface area contributed by atoms with E-state index < -0.39 is 12.5 Å². The topological polar surface area (TPSA) is 49.8 Å². The van der Waals surface area contributed by atoms with Crippen LogP contribution in [0.5, 0.6) is 5.75 Å². The first kappa shape index (κ1) is 15.6. The van der Waals surface area contributed by atoms with Gasteiger partial charge in [0.15, 0.2) is 0 Å². The summed E-state index contributed by atoms with van der Waals surface area (Å²) in [7, 11) is 0. The van der Waals surface area contributed by atoms with Crippen LogP contribution in [0.2, 0.25) is 0 Å². The second-order valence-corrected chi connectivity index (χ2v) is 4.94. The lowest BCUT2D eigenvalue weighted by atomic mass is 10.1. The number of rotatable bonds is 4. The SMILES string of the molecule is O=C(CCc1ccccc1OC(F)(F)F)N1CC[C@@H](O)C1. The predicted molar refractivity (Wildman–Crippen MR) is 68.6 cm³/mol. The van der Waals surface area contributed by atoms with Gasteiger partial charge in [0.1, 0.15) is 5.75 Å². The molecule has 1 N–H and O–H groups in total. The van der Waals surface area contributed by atoms with Crippen LogP contribution in [0.15, 0.2) is 24.3 Å². The highest BCUT2D eigenvalue weighted by atomic mass is 19.4. The van der Waals surface area contributed by atoms with Gasteiger partial charge in [-0.2, -0.15) is 0 Å². The maximum Gasteiger partial charge on any atom is 0.573 e. The van der Waals surface area contributed by atoms with E-state index in [1.807, 2.05) is 0 Å². The zero-order valence-electron chi connectivity index (χ0n) is 11.3. The normalized spacial score (nSPS) is 18.9. The number of β-amino-alcohol motifs (C(OH)–C–C–N with tert-alkyl or cyclic N) is 1. The first-order valence-corrected chi connectivity index (χ1v) is 6.64. The average Bonchev–Trinajstić information content (AvgIpc) is 2.82. The number of benzene rings is 1. The number of amides is 1. The van der Waals surface area contributed by atoms with E-state index in [0.29, 0.717) is 25.1 Å². The van der Waals surface area contributed by atoms with E-state index in [-0.39, 0.29) is 24.5 Å². The number of hydrogen-bond donors (Lipinski definition) is 1. The third-order valence-electron chi connectivity index (χ3n) is 3.32. The number of para-hydroxylation sites is 1. The van der Waals surface area contributed by atoms with E-state index >= 15 is 0 Å². The standard InChI is InChI=1S/C14H16F3NO3/c15-14(16,17)21-12-4-2-1-3-10(12)5-6-13(20)18-8-7-11(19)9-18/h1-4,11,19H,5-9H2/t11-/m1/s1.